The molecule has 1 aromatic carbocycles. The monoisotopic (exact) mass is 276 g/mol. The molecule has 0 aliphatic carbocycles. The van der Waals surface area contributed by atoms with E-state index >= 15 is 0 Å². The van der Waals surface area contributed by atoms with Crippen LogP contribution >= 0.6 is 0 Å². The molecular formula is C17H28N2O. The SMILES string of the molecule is CCCNC(C)c1ccc(N2CC(C)OC(C)C2)cc1. The van der Waals surface area contributed by atoms with Crippen molar-refractivity contribution in [3.05, 3.63) is 29.8 Å². The molecule has 1 aliphatic heterocycles. The number of nitrogens with one attached hydrogen (secondary N) is 1. The van der Waals surface area contributed by atoms with Gasteiger partial charge in [-0.3, -0.25) is 0 Å². The largest absolute Gasteiger partial charge is 0.372 e. The minimum Gasteiger partial charge on any atom is -0.372 e. The molecule has 2 rings (SSSR count). The van der Waals surface area contributed by atoms with E-state index in [0.717, 1.165) is 19.6 Å². The van der Waals surface area contributed by atoms with Gasteiger partial charge in [-0.05, 0) is 51.4 Å². The van der Waals surface area contributed by atoms with Gasteiger partial charge in [0.05, 0.1) is 12.2 Å². The van der Waals surface area contributed by atoms with Gasteiger partial charge in [0.1, 0.15) is 0 Å². The fraction of sp³-hybridized carbons (Fsp3) is 0.647. The van der Waals surface area contributed by atoms with Gasteiger partial charge in [0.2, 0.25) is 0 Å². The molecule has 3 unspecified atom stereocenters. The van der Waals surface area contributed by atoms with E-state index in [1.54, 1.807) is 0 Å². The first-order valence-electron chi connectivity index (χ1n) is 7.84. The van der Waals surface area contributed by atoms with Gasteiger partial charge in [0, 0.05) is 24.8 Å². The second-order valence-corrected chi connectivity index (χ2v) is 5.93. The van der Waals surface area contributed by atoms with E-state index in [0.29, 0.717) is 18.2 Å². The van der Waals surface area contributed by atoms with Crippen molar-refractivity contribution in [1.29, 1.82) is 0 Å². The normalized spacial score (nSPS) is 24.7. The van der Waals surface area contributed by atoms with Gasteiger partial charge < -0.3 is 15.0 Å². The summed E-state index contributed by atoms with van der Waals surface area (Å²) in [5.74, 6) is 0. The first-order valence-corrected chi connectivity index (χ1v) is 7.84. The molecule has 1 fully saturated rings. The Balaban J connectivity index is 2.00. The van der Waals surface area contributed by atoms with Gasteiger partial charge in [0.25, 0.3) is 0 Å². The van der Waals surface area contributed by atoms with Crippen molar-refractivity contribution < 1.29 is 4.74 Å². The lowest BCUT2D eigenvalue weighted by molar-refractivity contribution is -0.00521. The van der Waals surface area contributed by atoms with Crippen molar-refractivity contribution in [1.82, 2.24) is 5.32 Å². The van der Waals surface area contributed by atoms with Crippen LogP contribution in [0.15, 0.2) is 24.3 Å². The van der Waals surface area contributed by atoms with E-state index in [1.165, 1.54) is 17.7 Å². The molecule has 1 saturated heterocycles. The summed E-state index contributed by atoms with van der Waals surface area (Å²) in [7, 11) is 0. The lowest BCUT2D eigenvalue weighted by atomic mass is 10.1. The average molecular weight is 276 g/mol. The van der Waals surface area contributed by atoms with E-state index < -0.39 is 0 Å². The lowest BCUT2D eigenvalue weighted by Crippen LogP contribution is -2.45. The second-order valence-electron chi connectivity index (χ2n) is 5.93. The van der Waals surface area contributed by atoms with E-state index in [4.69, 9.17) is 4.74 Å². The number of ether oxygens (including phenoxy) is 1. The van der Waals surface area contributed by atoms with Crippen molar-refractivity contribution in [2.75, 3.05) is 24.5 Å². The Hall–Kier alpha value is -1.06. The Morgan fingerprint density at radius 1 is 1.20 bits per heavy atom. The van der Waals surface area contributed by atoms with Crippen LogP contribution in [0.2, 0.25) is 0 Å². The van der Waals surface area contributed by atoms with Crippen molar-refractivity contribution in [2.45, 2.75) is 52.4 Å². The molecule has 0 aromatic heterocycles. The van der Waals surface area contributed by atoms with Crippen LogP contribution in [0.1, 0.15) is 45.7 Å². The minimum atomic E-state index is 0.309. The molecule has 0 spiro atoms. The third-order valence-electron chi connectivity index (χ3n) is 3.88. The molecule has 3 heteroatoms. The van der Waals surface area contributed by atoms with Crippen molar-refractivity contribution in [3.63, 3.8) is 0 Å². The van der Waals surface area contributed by atoms with Crippen LogP contribution in [-0.4, -0.2) is 31.8 Å². The van der Waals surface area contributed by atoms with Gasteiger partial charge in [-0.15, -0.1) is 0 Å². The fourth-order valence-corrected chi connectivity index (χ4v) is 2.84. The molecule has 1 heterocycles. The maximum absolute atomic E-state index is 5.79. The van der Waals surface area contributed by atoms with Crippen molar-refractivity contribution in [3.8, 4) is 0 Å². The minimum absolute atomic E-state index is 0.309. The molecule has 1 aromatic rings. The van der Waals surface area contributed by atoms with Crippen molar-refractivity contribution in [2.24, 2.45) is 0 Å². The molecule has 3 atom stereocenters. The van der Waals surface area contributed by atoms with Crippen LogP contribution in [-0.2, 0) is 4.74 Å². The molecule has 0 bridgehead atoms. The third-order valence-corrected chi connectivity index (χ3v) is 3.88. The smallest absolute Gasteiger partial charge is 0.0726 e. The maximum atomic E-state index is 5.79. The summed E-state index contributed by atoms with van der Waals surface area (Å²) < 4.78 is 5.79. The van der Waals surface area contributed by atoms with E-state index in [-0.39, 0.29) is 0 Å². The highest BCUT2D eigenvalue weighted by Gasteiger charge is 2.22. The van der Waals surface area contributed by atoms with Crippen molar-refractivity contribution >= 4 is 5.69 Å². The summed E-state index contributed by atoms with van der Waals surface area (Å²) in [5.41, 5.74) is 2.66. The predicted molar refractivity (Wildman–Crippen MR) is 85.4 cm³/mol. The molecular weight excluding hydrogens is 248 g/mol. The maximum Gasteiger partial charge on any atom is 0.0726 e. The van der Waals surface area contributed by atoms with Crippen LogP contribution in [0.3, 0.4) is 0 Å². The highest BCUT2D eigenvalue weighted by atomic mass is 16.5. The lowest BCUT2D eigenvalue weighted by Gasteiger charge is -2.37. The number of hydrogen-bond donors (Lipinski definition) is 1. The molecule has 1 N–H and O–H groups in total. The van der Waals surface area contributed by atoms with Gasteiger partial charge in [-0.2, -0.15) is 0 Å². The van der Waals surface area contributed by atoms with Gasteiger partial charge in [0.15, 0.2) is 0 Å². The Labute approximate surface area is 123 Å². The van der Waals surface area contributed by atoms with Gasteiger partial charge in [-0.1, -0.05) is 19.1 Å². The van der Waals surface area contributed by atoms with E-state index in [2.05, 4.69) is 62.2 Å². The number of nitrogens with zero attached hydrogens (tertiary/aromatic N) is 1. The van der Waals surface area contributed by atoms with Crippen LogP contribution in [0, 0.1) is 0 Å². The molecule has 112 valence electrons. The highest BCUT2D eigenvalue weighted by Crippen LogP contribution is 2.22. The van der Waals surface area contributed by atoms with Gasteiger partial charge in [-0.25, -0.2) is 0 Å². The summed E-state index contributed by atoms with van der Waals surface area (Å²) in [6.45, 7) is 11.7. The Kier molecular flexibility index (Phi) is 5.44. The molecule has 0 saturated carbocycles. The molecule has 1 aliphatic rings. The number of hydrogen-bond acceptors (Lipinski definition) is 3. The molecule has 3 nitrogen and oxygen atoms in total. The average Bonchev–Trinajstić information content (AvgIpc) is 2.44. The number of morpholine rings is 1. The van der Waals surface area contributed by atoms with E-state index in [1.807, 2.05) is 0 Å². The zero-order chi connectivity index (χ0) is 14.5. The predicted octanol–water partition coefficient (Wildman–Crippen LogP) is 3.36. The topological polar surface area (TPSA) is 24.5 Å². The zero-order valence-electron chi connectivity index (χ0n) is 13.2. The second kappa shape index (κ2) is 7.09. The number of anilines is 1. The highest BCUT2D eigenvalue weighted by molar-refractivity contribution is 5.48. The number of benzene rings is 1. The summed E-state index contributed by atoms with van der Waals surface area (Å²) >= 11 is 0. The number of rotatable bonds is 5. The van der Waals surface area contributed by atoms with Crippen LogP contribution in [0.25, 0.3) is 0 Å². The van der Waals surface area contributed by atoms with Gasteiger partial charge >= 0.3 is 0 Å². The Bertz CT molecular complexity index is 394. The first-order chi connectivity index (χ1) is 9.60. The summed E-state index contributed by atoms with van der Waals surface area (Å²) in [5, 5.41) is 3.53. The summed E-state index contributed by atoms with van der Waals surface area (Å²) in [6, 6.07) is 9.39. The fourth-order valence-electron chi connectivity index (χ4n) is 2.84. The molecule has 0 amide bonds. The summed E-state index contributed by atoms with van der Waals surface area (Å²) in [4.78, 5) is 2.42. The van der Waals surface area contributed by atoms with E-state index in [9.17, 15) is 0 Å². The third kappa shape index (κ3) is 3.97. The van der Waals surface area contributed by atoms with Crippen LogP contribution in [0.4, 0.5) is 5.69 Å². The molecule has 0 radical (unpaired) electrons. The Morgan fingerprint density at radius 3 is 2.35 bits per heavy atom. The Morgan fingerprint density at radius 2 is 1.80 bits per heavy atom. The zero-order valence-corrected chi connectivity index (χ0v) is 13.2. The van der Waals surface area contributed by atoms with Crippen LogP contribution in [0.5, 0.6) is 0 Å². The first kappa shape index (κ1) is 15.3. The van der Waals surface area contributed by atoms with Crippen LogP contribution < -0.4 is 10.2 Å². The standard InChI is InChI=1S/C17H28N2O/c1-5-10-18-15(4)16-6-8-17(9-7-16)19-11-13(2)20-14(3)12-19/h6-9,13-15,18H,5,10-12H2,1-4H3. The molecule has 20 heavy (non-hydrogen) atoms. The quantitative estimate of drug-likeness (QED) is 0.892. The summed E-state index contributed by atoms with van der Waals surface area (Å²) in [6.07, 6.45) is 1.79.